The zero-order valence-corrected chi connectivity index (χ0v) is 21.7. The molecule has 0 N–H and O–H groups in total. The molecular formula is C35H21N3S. The van der Waals surface area contributed by atoms with Crippen LogP contribution in [-0.2, 0) is 0 Å². The van der Waals surface area contributed by atoms with Gasteiger partial charge in [-0.15, -0.1) is 0 Å². The zero-order chi connectivity index (χ0) is 25.5. The minimum Gasteiger partial charge on any atom is -0.309 e. The van der Waals surface area contributed by atoms with Crippen molar-refractivity contribution in [3.8, 4) is 10.8 Å². The lowest BCUT2D eigenvalue weighted by Gasteiger charge is -2.10. The Kier molecular flexibility index (Phi) is 4.21. The first kappa shape index (κ1) is 21.1. The average molecular weight is 516 g/mol. The maximum Gasteiger partial charge on any atom is 0.195 e. The zero-order valence-electron chi connectivity index (χ0n) is 20.9. The summed E-state index contributed by atoms with van der Waals surface area (Å²) in [4.78, 5) is 5.05. The Morgan fingerprint density at radius 3 is 1.95 bits per heavy atom. The molecule has 0 fully saturated rings. The van der Waals surface area contributed by atoms with Crippen LogP contribution in [-0.4, -0.2) is 14.1 Å². The molecule has 0 aliphatic carbocycles. The summed E-state index contributed by atoms with van der Waals surface area (Å²) in [7, 11) is 0. The first-order valence-electron chi connectivity index (χ1n) is 13.2. The maximum atomic E-state index is 5.05. The lowest BCUT2D eigenvalue weighted by Crippen LogP contribution is -1.94. The van der Waals surface area contributed by atoms with Crippen LogP contribution in [0.3, 0.4) is 0 Å². The van der Waals surface area contributed by atoms with Crippen molar-refractivity contribution < 1.29 is 0 Å². The number of hydrogen-bond donors (Lipinski definition) is 0. The van der Waals surface area contributed by atoms with Gasteiger partial charge in [0.05, 0.1) is 32.3 Å². The SMILES string of the molecule is c1ccc(-n2c3ccccc3c3ccc4c(ccc5c4c4ccccc4n5-c4nc5ccccc5s4)c32)cc1. The van der Waals surface area contributed by atoms with Gasteiger partial charge in [-0.1, -0.05) is 96.3 Å². The highest BCUT2D eigenvalue weighted by Gasteiger charge is 2.20. The van der Waals surface area contributed by atoms with E-state index in [2.05, 4.69) is 137 Å². The van der Waals surface area contributed by atoms with Gasteiger partial charge in [-0.05, 0) is 47.9 Å². The summed E-state index contributed by atoms with van der Waals surface area (Å²) >= 11 is 1.74. The molecule has 0 saturated carbocycles. The highest BCUT2D eigenvalue weighted by atomic mass is 32.1. The number of fused-ring (bicyclic) bond motifs is 10. The molecule has 0 bridgehead atoms. The molecular weight excluding hydrogens is 494 g/mol. The average Bonchev–Trinajstić information content (AvgIpc) is 3.67. The topological polar surface area (TPSA) is 22.8 Å². The van der Waals surface area contributed by atoms with E-state index < -0.39 is 0 Å². The Morgan fingerprint density at radius 1 is 0.462 bits per heavy atom. The van der Waals surface area contributed by atoms with Crippen LogP contribution < -0.4 is 0 Å². The summed E-state index contributed by atoms with van der Waals surface area (Å²) in [6.45, 7) is 0. The lowest BCUT2D eigenvalue weighted by atomic mass is 10.0. The predicted molar refractivity (Wildman–Crippen MR) is 166 cm³/mol. The van der Waals surface area contributed by atoms with Crippen molar-refractivity contribution in [2.45, 2.75) is 0 Å². The van der Waals surface area contributed by atoms with E-state index in [1.54, 1.807) is 11.3 Å². The van der Waals surface area contributed by atoms with Crippen molar-refractivity contribution in [2.75, 3.05) is 0 Å². The van der Waals surface area contributed by atoms with Crippen molar-refractivity contribution in [1.29, 1.82) is 0 Å². The van der Waals surface area contributed by atoms with Gasteiger partial charge >= 0.3 is 0 Å². The number of nitrogens with zero attached hydrogens (tertiary/aromatic N) is 3. The van der Waals surface area contributed by atoms with Crippen LogP contribution in [0, 0.1) is 0 Å². The molecule has 0 aliphatic heterocycles. The molecule has 4 heteroatoms. The molecule has 0 spiro atoms. The fraction of sp³-hybridized carbons (Fsp3) is 0. The van der Waals surface area contributed by atoms with E-state index in [4.69, 9.17) is 4.98 Å². The van der Waals surface area contributed by atoms with Gasteiger partial charge in [0.15, 0.2) is 5.13 Å². The van der Waals surface area contributed by atoms with Crippen molar-refractivity contribution in [3.63, 3.8) is 0 Å². The minimum absolute atomic E-state index is 1.00. The Bertz CT molecular complexity index is 2360. The molecule has 3 aromatic heterocycles. The summed E-state index contributed by atoms with van der Waals surface area (Å²) in [5, 5.41) is 8.59. The summed E-state index contributed by atoms with van der Waals surface area (Å²) in [6, 6.07) is 45.8. The summed E-state index contributed by atoms with van der Waals surface area (Å²) < 4.78 is 5.96. The van der Waals surface area contributed by atoms with Crippen LogP contribution in [0.2, 0.25) is 0 Å². The van der Waals surface area contributed by atoms with Gasteiger partial charge < -0.3 is 4.57 Å². The molecule has 0 amide bonds. The number of rotatable bonds is 2. The Labute approximate surface area is 227 Å². The van der Waals surface area contributed by atoms with Gasteiger partial charge in [0, 0.05) is 32.6 Å². The fourth-order valence-corrected chi connectivity index (χ4v) is 7.33. The smallest absolute Gasteiger partial charge is 0.195 e. The second-order valence-corrected chi connectivity index (χ2v) is 11.0. The Balaban J connectivity index is 1.46. The van der Waals surface area contributed by atoms with Gasteiger partial charge in [0.2, 0.25) is 0 Å². The molecule has 0 unspecified atom stereocenters. The molecule has 0 radical (unpaired) electrons. The van der Waals surface area contributed by atoms with Crippen molar-refractivity contribution in [3.05, 3.63) is 127 Å². The van der Waals surface area contributed by atoms with Crippen LogP contribution in [0.25, 0.3) is 75.4 Å². The maximum absolute atomic E-state index is 5.05. The third kappa shape index (κ3) is 2.84. The van der Waals surface area contributed by atoms with Crippen LogP contribution in [0.15, 0.2) is 127 Å². The molecule has 3 nitrogen and oxygen atoms in total. The lowest BCUT2D eigenvalue weighted by molar-refractivity contribution is 1.15. The minimum atomic E-state index is 1.00. The number of thiazole rings is 1. The van der Waals surface area contributed by atoms with Gasteiger partial charge in [-0.25, -0.2) is 4.98 Å². The van der Waals surface area contributed by atoms with E-state index in [9.17, 15) is 0 Å². The third-order valence-corrected chi connectivity index (χ3v) is 8.97. The molecule has 0 atom stereocenters. The number of para-hydroxylation sites is 4. The molecule has 6 aromatic carbocycles. The van der Waals surface area contributed by atoms with E-state index in [0.717, 1.165) is 10.6 Å². The number of benzene rings is 6. The first-order valence-corrected chi connectivity index (χ1v) is 14.0. The van der Waals surface area contributed by atoms with E-state index >= 15 is 0 Å². The van der Waals surface area contributed by atoms with Crippen LogP contribution in [0.5, 0.6) is 0 Å². The molecule has 0 saturated heterocycles. The summed E-state index contributed by atoms with van der Waals surface area (Å²) in [6.07, 6.45) is 0. The van der Waals surface area contributed by atoms with E-state index in [1.807, 2.05) is 0 Å². The van der Waals surface area contributed by atoms with Gasteiger partial charge in [0.25, 0.3) is 0 Å². The molecule has 39 heavy (non-hydrogen) atoms. The van der Waals surface area contributed by atoms with Gasteiger partial charge in [0.1, 0.15) is 0 Å². The standard InChI is InChI=1S/C35H21N3S/c1-2-10-22(11-3-1)37-29-15-7-4-12-23(29)25-19-18-24-26(34(25)37)20-21-31-33(24)27-13-5-8-16-30(27)38(31)35-36-28-14-6-9-17-32(28)39-35/h1-21H. The Hall–Kier alpha value is -4.93. The predicted octanol–water partition coefficient (Wildman–Crippen LogP) is 9.64. The summed E-state index contributed by atoms with van der Waals surface area (Å²) in [5.74, 6) is 0. The molecule has 182 valence electrons. The van der Waals surface area contributed by atoms with Crippen molar-refractivity contribution in [2.24, 2.45) is 0 Å². The first-order chi connectivity index (χ1) is 19.4. The fourth-order valence-electron chi connectivity index (χ4n) is 6.34. The highest BCUT2D eigenvalue weighted by molar-refractivity contribution is 7.20. The van der Waals surface area contributed by atoms with Crippen LogP contribution in [0.4, 0.5) is 0 Å². The van der Waals surface area contributed by atoms with E-state index in [1.165, 1.54) is 64.8 Å². The largest absolute Gasteiger partial charge is 0.309 e. The highest BCUT2D eigenvalue weighted by Crippen LogP contribution is 2.42. The molecule has 9 aromatic rings. The van der Waals surface area contributed by atoms with E-state index in [-0.39, 0.29) is 0 Å². The second kappa shape index (κ2) is 7.79. The molecule has 9 rings (SSSR count). The monoisotopic (exact) mass is 515 g/mol. The Morgan fingerprint density at radius 2 is 1.10 bits per heavy atom. The quantitative estimate of drug-likeness (QED) is 0.225. The summed E-state index contributed by atoms with van der Waals surface area (Å²) in [5.41, 5.74) is 7.06. The van der Waals surface area contributed by atoms with Crippen molar-refractivity contribution in [1.82, 2.24) is 14.1 Å². The number of aromatic nitrogens is 3. The van der Waals surface area contributed by atoms with Crippen LogP contribution in [0.1, 0.15) is 0 Å². The normalized spacial score (nSPS) is 12.1. The second-order valence-electron chi connectivity index (χ2n) is 10.0. The van der Waals surface area contributed by atoms with Gasteiger partial charge in [-0.2, -0.15) is 0 Å². The molecule has 3 heterocycles. The van der Waals surface area contributed by atoms with Gasteiger partial charge in [-0.3, -0.25) is 4.57 Å². The van der Waals surface area contributed by atoms with Crippen molar-refractivity contribution >= 4 is 75.9 Å². The molecule has 0 aliphatic rings. The number of hydrogen-bond acceptors (Lipinski definition) is 2. The van der Waals surface area contributed by atoms with E-state index in [0.29, 0.717) is 0 Å². The third-order valence-electron chi connectivity index (χ3n) is 7.95. The van der Waals surface area contributed by atoms with Crippen LogP contribution >= 0.6 is 11.3 Å².